The maximum atomic E-state index is 13.3. The first-order chi connectivity index (χ1) is 13.4. The van der Waals surface area contributed by atoms with Crippen LogP contribution in [0.25, 0.3) is 0 Å². The molecule has 2 aromatic carbocycles. The van der Waals surface area contributed by atoms with E-state index in [-0.39, 0.29) is 16.6 Å². The lowest BCUT2D eigenvalue weighted by Gasteiger charge is -2.08. The van der Waals surface area contributed by atoms with Gasteiger partial charge in [0.2, 0.25) is 5.91 Å². The molecule has 0 bridgehead atoms. The Morgan fingerprint density at radius 3 is 2.75 bits per heavy atom. The first-order valence-corrected chi connectivity index (χ1v) is 10.6. The van der Waals surface area contributed by atoms with E-state index in [1.54, 1.807) is 30.3 Å². The Labute approximate surface area is 163 Å². The molecule has 148 valence electrons. The molecule has 2 N–H and O–H groups in total. The van der Waals surface area contributed by atoms with Crippen LogP contribution in [0, 0.1) is 12.7 Å². The molecule has 0 spiro atoms. The maximum absolute atomic E-state index is 13.3. The molecule has 6 nitrogen and oxygen atoms in total. The summed E-state index contributed by atoms with van der Waals surface area (Å²) >= 11 is 0. The number of carbonyl (C=O) groups is 1. The number of rotatable bonds is 7. The van der Waals surface area contributed by atoms with Gasteiger partial charge in [-0.1, -0.05) is 24.6 Å². The highest BCUT2D eigenvalue weighted by atomic mass is 32.2. The molecular formula is C20H22FN3O3S. The second-order valence-electron chi connectivity index (χ2n) is 6.65. The number of benzene rings is 2. The van der Waals surface area contributed by atoms with Crippen molar-refractivity contribution in [3.63, 3.8) is 0 Å². The van der Waals surface area contributed by atoms with Gasteiger partial charge in [-0.05, 0) is 49.6 Å². The average Bonchev–Trinajstić information content (AvgIpc) is 2.92. The standard InChI is InChI=1S/C20H22FN3O3S/c1-14-10-11-15(21)13-17(14)23-19(25)9-3-2-6-12-22-20-16-7-4-5-8-18(16)28(26,27)24-20/h4-5,7-8,10-11,13H,2-3,6,9,12H2,1H3,(H,22,24)(H,23,25). The van der Waals surface area contributed by atoms with E-state index in [1.165, 1.54) is 12.1 Å². The molecule has 2 aromatic rings. The van der Waals surface area contributed by atoms with E-state index in [1.807, 2.05) is 6.92 Å². The van der Waals surface area contributed by atoms with Gasteiger partial charge in [-0.2, -0.15) is 0 Å². The van der Waals surface area contributed by atoms with E-state index in [9.17, 15) is 17.6 Å². The van der Waals surface area contributed by atoms with E-state index in [2.05, 4.69) is 15.0 Å². The monoisotopic (exact) mass is 403 g/mol. The van der Waals surface area contributed by atoms with Crippen molar-refractivity contribution in [1.82, 2.24) is 4.72 Å². The predicted molar refractivity (Wildman–Crippen MR) is 106 cm³/mol. The SMILES string of the molecule is Cc1ccc(F)cc1NC(=O)CCCCCN=C1NS(=O)(=O)c2ccccc21. The van der Waals surface area contributed by atoms with Gasteiger partial charge < -0.3 is 5.32 Å². The van der Waals surface area contributed by atoms with Crippen molar-refractivity contribution in [1.29, 1.82) is 0 Å². The number of nitrogens with zero attached hydrogens (tertiary/aromatic N) is 1. The lowest BCUT2D eigenvalue weighted by molar-refractivity contribution is -0.116. The maximum Gasteiger partial charge on any atom is 0.263 e. The molecule has 0 aromatic heterocycles. The molecule has 0 saturated heterocycles. The third-order valence-corrected chi connectivity index (χ3v) is 5.87. The molecule has 0 saturated carbocycles. The molecule has 0 aliphatic carbocycles. The molecule has 1 aliphatic rings. The summed E-state index contributed by atoms with van der Waals surface area (Å²) in [6, 6.07) is 11.0. The average molecular weight is 403 g/mol. The van der Waals surface area contributed by atoms with Gasteiger partial charge in [-0.3, -0.25) is 14.5 Å². The van der Waals surface area contributed by atoms with Gasteiger partial charge in [0.05, 0.1) is 4.90 Å². The second-order valence-corrected chi connectivity index (χ2v) is 8.30. The van der Waals surface area contributed by atoms with Crippen molar-refractivity contribution >= 4 is 27.5 Å². The number of aliphatic imine (C=N–C) groups is 1. The van der Waals surface area contributed by atoms with Gasteiger partial charge in [0.1, 0.15) is 11.7 Å². The van der Waals surface area contributed by atoms with Crippen LogP contribution < -0.4 is 10.0 Å². The first-order valence-electron chi connectivity index (χ1n) is 9.09. The Morgan fingerprint density at radius 2 is 1.93 bits per heavy atom. The second kappa shape index (κ2) is 8.52. The van der Waals surface area contributed by atoms with E-state index >= 15 is 0 Å². The fourth-order valence-electron chi connectivity index (χ4n) is 2.96. The van der Waals surface area contributed by atoms with Crippen LogP contribution in [0.1, 0.15) is 36.8 Å². The van der Waals surface area contributed by atoms with Gasteiger partial charge >= 0.3 is 0 Å². The molecule has 1 amide bonds. The summed E-state index contributed by atoms with van der Waals surface area (Å²) in [6.45, 7) is 2.28. The normalized spacial score (nSPS) is 15.9. The number of anilines is 1. The van der Waals surface area contributed by atoms with E-state index in [4.69, 9.17) is 0 Å². The van der Waals surface area contributed by atoms with Crippen LogP contribution in [0.2, 0.25) is 0 Å². The fourth-order valence-corrected chi connectivity index (χ4v) is 4.21. The minimum atomic E-state index is -3.51. The Bertz CT molecular complexity index is 1020. The first kappa shape index (κ1) is 20.0. The third kappa shape index (κ3) is 4.75. The number of carbonyl (C=O) groups excluding carboxylic acids is 1. The zero-order valence-electron chi connectivity index (χ0n) is 15.5. The lowest BCUT2D eigenvalue weighted by atomic mass is 10.1. The molecule has 0 fully saturated rings. The van der Waals surface area contributed by atoms with Crippen molar-refractivity contribution < 1.29 is 17.6 Å². The lowest BCUT2D eigenvalue weighted by Crippen LogP contribution is -2.22. The van der Waals surface area contributed by atoms with Crippen molar-refractivity contribution in [3.05, 3.63) is 59.4 Å². The van der Waals surface area contributed by atoms with E-state index in [0.717, 1.165) is 18.4 Å². The Kier molecular flexibility index (Phi) is 6.08. The molecule has 0 unspecified atom stereocenters. The topological polar surface area (TPSA) is 87.6 Å². The zero-order chi connectivity index (χ0) is 20.1. The van der Waals surface area contributed by atoms with Crippen molar-refractivity contribution in [2.24, 2.45) is 4.99 Å². The largest absolute Gasteiger partial charge is 0.326 e. The van der Waals surface area contributed by atoms with Crippen LogP contribution in [-0.4, -0.2) is 26.7 Å². The molecular weight excluding hydrogens is 381 g/mol. The minimum absolute atomic E-state index is 0.155. The Hall–Kier alpha value is -2.74. The number of hydrogen-bond donors (Lipinski definition) is 2. The number of sulfonamides is 1. The molecule has 3 rings (SSSR count). The van der Waals surface area contributed by atoms with E-state index < -0.39 is 10.0 Å². The van der Waals surface area contributed by atoms with Crippen molar-refractivity contribution in [2.75, 3.05) is 11.9 Å². The van der Waals surface area contributed by atoms with Gasteiger partial charge in [0.15, 0.2) is 0 Å². The summed E-state index contributed by atoms with van der Waals surface area (Å²) < 4.78 is 39.7. The Morgan fingerprint density at radius 1 is 1.14 bits per heavy atom. The molecule has 0 radical (unpaired) electrons. The number of aryl methyl sites for hydroxylation is 1. The number of hydrogen-bond acceptors (Lipinski definition) is 4. The minimum Gasteiger partial charge on any atom is -0.326 e. The van der Waals surface area contributed by atoms with Gasteiger partial charge in [0, 0.05) is 24.2 Å². The number of amides is 1. The van der Waals surface area contributed by atoms with Crippen LogP contribution in [0.15, 0.2) is 52.4 Å². The van der Waals surface area contributed by atoms with Crippen LogP contribution in [-0.2, 0) is 14.8 Å². The van der Waals surface area contributed by atoms with E-state index in [0.29, 0.717) is 36.5 Å². The predicted octanol–water partition coefficient (Wildman–Crippen LogP) is 3.37. The smallest absolute Gasteiger partial charge is 0.263 e. The van der Waals surface area contributed by atoms with Gasteiger partial charge in [-0.25, -0.2) is 12.8 Å². The number of amidine groups is 1. The zero-order valence-corrected chi connectivity index (χ0v) is 16.4. The molecule has 0 atom stereocenters. The summed E-state index contributed by atoms with van der Waals surface area (Å²) in [6.07, 6.45) is 2.52. The number of unbranched alkanes of at least 4 members (excludes halogenated alkanes) is 2. The molecule has 8 heteroatoms. The quantitative estimate of drug-likeness (QED) is 0.695. The Balaban J connectivity index is 1.43. The summed E-state index contributed by atoms with van der Waals surface area (Å²) in [4.78, 5) is 16.6. The van der Waals surface area contributed by atoms with Crippen LogP contribution >= 0.6 is 0 Å². The summed E-state index contributed by atoms with van der Waals surface area (Å²) in [5.74, 6) is -0.170. The summed E-state index contributed by atoms with van der Waals surface area (Å²) in [7, 11) is -3.51. The van der Waals surface area contributed by atoms with Crippen molar-refractivity contribution in [2.45, 2.75) is 37.5 Å². The number of fused-ring (bicyclic) bond motifs is 1. The number of halogens is 1. The summed E-state index contributed by atoms with van der Waals surface area (Å²) in [5, 5.41) is 2.72. The highest BCUT2D eigenvalue weighted by Gasteiger charge is 2.29. The van der Waals surface area contributed by atoms with Gasteiger partial charge in [0.25, 0.3) is 10.0 Å². The van der Waals surface area contributed by atoms with Crippen LogP contribution in [0.4, 0.5) is 10.1 Å². The number of nitrogens with one attached hydrogen (secondary N) is 2. The highest BCUT2D eigenvalue weighted by molar-refractivity contribution is 7.90. The van der Waals surface area contributed by atoms with Gasteiger partial charge in [-0.15, -0.1) is 0 Å². The highest BCUT2D eigenvalue weighted by Crippen LogP contribution is 2.22. The van der Waals surface area contributed by atoms with Crippen LogP contribution in [0.3, 0.4) is 0 Å². The molecule has 28 heavy (non-hydrogen) atoms. The molecule has 1 aliphatic heterocycles. The third-order valence-electron chi connectivity index (χ3n) is 4.47. The molecule has 1 heterocycles. The van der Waals surface area contributed by atoms with Crippen LogP contribution in [0.5, 0.6) is 0 Å². The van der Waals surface area contributed by atoms with Crippen molar-refractivity contribution in [3.8, 4) is 0 Å². The summed E-state index contributed by atoms with van der Waals surface area (Å²) in [5.41, 5.74) is 1.89. The fraction of sp³-hybridized carbons (Fsp3) is 0.300.